The number of aryl methyl sites for hydroxylation is 3. The van der Waals surface area contributed by atoms with E-state index in [0.29, 0.717) is 0 Å². The van der Waals surface area contributed by atoms with Crippen LogP contribution < -0.4 is 15.5 Å². The normalized spacial score (nSPS) is 10.9. The van der Waals surface area contributed by atoms with Crippen LogP contribution in [0.1, 0.15) is 22.4 Å². The zero-order valence-corrected chi connectivity index (χ0v) is 17.2. The minimum atomic E-state index is -0.203. The molecule has 1 aromatic heterocycles. The average Bonchev–Trinajstić information content (AvgIpc) is 3.09. The van der Waals surface area contributed by atoms with Crippen LogP contribution in [-0.2, 0) is 4.79 Å². The van der Waals surface area contributed by atoms with Gasteiger partial charge in [-0.1, -0.05) is 6.07 Å². The molecule has 3 rings (SSSR count). The Morgan fingerprint density at radius 3 is 2.52 bits per heavy atom. The molecule has 0 saturated heterocycles. The summed E-state index contributed by atoms with van der Waals surface area (Å²) in [5.74, 6) is 0.614. The van der Waals surface area contributed by atoms with Crippen LogP contribution >= 0.6 is 0 Å². The molecule has 6 nitrogen and oxygen atoms in total. The summed E-state index contributed by atoms with van der Waals surface area (Å²) >= 11 is 0. The second-order valence-electron chi connectivity index (χ2n) is 6.93. The summed E-state index contributed by atoms with van der Waals surface area (Å²) in [6.07, 6.45) is 3.61. The summed E-state index contributed by atoms with van der Waals surface area (Å²) in [6.45, 7) is 6.29. The van der Waals surface area contributed by atoms with Gasteiger partial charge in [-0.2, -0.15) is 5.10 Å². The minimum absolute atomic E-state index is 0.158. The van der Waals surface area contributed by atoms with Gasteiger partial charge < -0.3 is 14.6 Å². The number of carbonyl (C=O) groups excluding carboxylic acids is 1. The molecule has 2 N–H and O–H groups in total. The lowest BCUT2D eigenvalue weighted by molar-refractivity contribution is -0.119. The molecule has 0 fully saturated rings. The Morgan fingerprint density at radius 1 is 1.07 bits per heavy atom. The van der Waals surface area contributed by atoms with E-state index in [-0.39, 0.29) is 12.5 Å². The van der Waals surface area contributed by atoms with Crippen LogP contribution in [0.5, 0.6) is 5.75 Å². The number of hydrazone groups is 1. The first-order valence-corrected chi connectivity index (χ1v) is 9.42. The van der Waals surface area contributed by atoms with E-state index >= 15 is 0 Å². The van der Waals surface area contributed by atoms with Gasteiger partial charge in [-0.05, 0) is 74.4 Å². The molecule has 0 spiro atoms. The molecule has 0 unspecified atom stereocenters. The Labute approximate surface area is 171 Å². The average molecular weight is 390 g/mol. The number of rotatable bonds is 7. The van der Waals surface area contributed by atoms with Crippen molar-refractivity contribution >= 4 is 17.8 Å². The molecule has 2 aromatic carbocycles. The van der Waals surface area contributed by atoms with Crippen molar-refractivity contribution in [3.05, 3.63) is 77.1 Å². The van der Waals surface area contributed by atoms with E-state index in [2.05, 4.69) is 27.3 Å². The Kier molecular flexibility index (Phi) is 6.34. The molecule has 0 aliphatic carbocycles. The molecule has 6 heteroatoms. The smallest absolute Gasteiger partial charge is 0.259 e. The van der Waals surface area contributed by atoms with E-state index in [1.807, 2.05) is 68.6 Å². The van der Waals surface area contributed by atoms with Crippen LogP contribution in [0.15, 0.2) is 59.8 Å². The van der Waals surface area contributed by atoms with Crippen LogP contribution in [0.25, 0.3) is 5.69 Å². The molecular weight excluding hydrogens is 364 g/mol. The van der Waals surface area contributed by atoms with Crippen LogP contribution in [0, 0.1) is 20.8 Å². The lowest BCUT2D eigenvalue weighted by Gasteiger charge is -2.07. The molecule has 0 atom stereocenters. The van der Waals surface area contributed by atoms with Crippen LogP contribution in [0.3, 0.4) is 0 Å². The first-order valence-electron chi connectivity index (χ1n) is 9.42. The summed E-state index contributed by atoms with van der Waals surface area (Å²) in [6, 6.07) is 15.9. The summed E-state index contributed by atoms with van der Waals surface area (Å²) in [7, 11) is 1.65. The van der Waals surface area contributed by atoms with Crippen LogP contribution in [0.2, 0.25) is 0 Å². The largest absolute Gasteiger partial charge is 0.497 e. The minimum Gasteiger partial charge on any atom is -0.497 e. The molecule has 0 aliphatic heterocycles. The zero-order valence-electron chi connectivity index (χ0n) is 17.2. The van der Waals surface area contributed by atoms with Crippen molar-refractivity contribution in [2.45, 2.75) is 20.8 Å². The standard InChI is InChI=1S/C23H26N4O2/c1-16-5-6-20(11-17(16)2)24-14-23(28)26-25-13-19-12-18(3)27(15-19)21-7-9-22(29-4)10-8-21/h5-13,15,24H,14H2,1-4H3,(H,26,28)/b25-13-. The summed E-state index contributed by atoms with van der Waals surface area (Å²) < 4.78 is 7.26. The van der Waals surface area contributed by atoms with Gasteiger partial charge >= 0.3 is 0 Å². The fourth-order valence-electron chi connectivity index (χ4n) is 2.94. The number of ether oxygens (including phenoxy) is 1. The number of hydrogen-bond acceptors (Lipinski definition) is 4. The number of carbonyl (C=O) groups is 1. The van der Waals surface area contributed by atoms with Gasteiger partial charge in [0.15, 0.2) is 0 Å². The van der Waals surface area contributed by atoms with Gasteiger partial charge in [0.25, 0.3) is 5.91 Å². The molecule has 1 heterocycles. The fraction of sp³-hybridized carbons (Fsp3) is 0.217. The molecule has 150 valence electrons. The van der Waals surface area contributed by atoms with Crippen molar-refractivity contribution < 1.29 is 9.53 Å². The van der Waals surface area contributed by atoms with Crippen molar-refractivity contribution in [2.75, 3.05) is 19.0 Å². The SMILES string of the molecule is COc1ccc(-n2cc(/C=N\NC(=O)CNc3ccc(C)c(C)c3)cc2C)cc1. The highest BCUT2D eigenvalue weighted by Gasteiger charge is 2.04. The molecule has 0 radical (unpaired) electrons. The number of amides is 1. The van der Waals surface area contributed by atoms with Crippen molar-refractivity contribution in [3.63, 3.8) is 0 Å². The van der Waals surface area contributed by atoms with Gasteiger partial charge in [0, 0.05) is 28.8 Å². The van der Waals surface area contributed by atoms with E-state index in [4.69, 9.17) is 4.74 Å². The van der Waals surface area contributed by atoms with Gasteiger partial charge in [0.1, 0.15) is 5.75 Å². The van der Waals surface area contributed by atoms with Crippen LogP contribution in [-0.4, -0.2) is 30.3 Å². The van der Waals surface area contributed by atoms with Crippen molar-refractivity contribution in [1.29, 1.82) is 0 Å². The lowest BCUT2D eigenvalue weighted by Crippen LogP contribution is -2.25. The number of aromatic nitrogens is 1. The topological polar surface area (TPSA) is 67.6 Å². The predicted molar refractivity (Wildman–Crippen MR) is 117 cm³/mol. The summed E-state index contributed by atoms with van der Waals surface area (Å²) in [4.78, 5) is 12.0. The van der Waals surface area contributed by atoms with E-state index in [1.165, 1.54) is 11.1 Å². The monoisotopic (exact) mass is 390 g/mol. The van der Waals surface area contributed by atoms with Gasteiger partial charge in [-0.15, -0.1) is 0 Å². The molecular formula is C23H26N4O2. The van der Waals surface area contributed by atoms with Crippen molar-refractivity contribution in [1.82, 2.24) is 9.99 Å². The second kappa shape index (κ2) is 9.10. The molecule has 29 heavy (non-hydrogen) atoms. The number of benzene rings is 2. The summed E-state index contributed by atoms with van der Waals surface area (Å²) in [5.41, 5.74) is 8.88. The van der Waals surface area contributed by atoms with E-state index < -0.39 is 0 Å². The summed E-state index contributed by atoms with van der Waals surface area (Å²) in [5, 5.41) is 7.17. The van der Waals surface area contributed by atoms with Gasteiger partial charge in [-0.25, -0.2) is 5.43 Å². The zero-order chi connectivity index (χ0) is 20.8. The quantitative estimate of drug-likeness (QED) is 0.474. The third kappa shape index (κ3) is 5.25. The number of nitrogens with zero attached hydrogens (tertiary/aromatic N) is 2. The van der Waals surface area contributed by atoms with Gasteiger partial charge in [-0.3, -0.25) is 4.79 Å². The Hall–Kier alpha value is -3.54. The molecule has 3 aromatic rings. The first kappa shape index (κ1) is 20.2. The van der Waals surface area contributed by atoms with Gasteiger partial charge in [0.2, 0.25) is 0 Å². The highest BCUT2D eigenvalue weighted by atomic mass is 16.5. The second-order valence-corrected chi connectivity index (χ2v) is 6.93. The number of methoxy groups -OCH3 is 1. The van der Waals surface area contributed by atoms with E-state index in [9.17, 15) is 4.79 Å². The number of hydrogen-bond donors (Lipinski definition) is 2. The Balaban J connectivity index is 1.55. The first-order chi connectivity index (χ1) is 14.0. The maximum atomic E-state index is 12.0. The van der Waals surface area contributed by atoms with Crippen molar-refractivity contribution in [2.24, 2.45) is 5.10 Å². The lowest BCUT2D eigenvalue weighted by atomic mass is 10.1. The third-order valence-electron chi connectivity index (χ3n) is 4.75. The third-order valence-corrected chi connectivity index (χ3v) is 4.75. The van der Waals surface area contributed by atoms with Gasteiger partial charge in [0.05, 0.1) is 19.9 Å². The van der Waals surface area contributed by atoms with E-state index in [1.54, 1.807) is 13.3 Å². The number of anilines is 1. The maximum Gasteiger partial charge on any atom is 0.259 e. The van der Waals surface area contributed by atoms with Crippen molar-refractivity contribution in [3.8, 4) is 11.4 Å². The molecule has 0 aliphatic rings. The predicted octanol–water partition coefficient (Wildman–Crippen LogP) is 3.97. The molecule has 1 amide bonds. The Morgan fingerprint density at radius 2 is 1.83 bits per heavy atom. The Bertz CT molecular complexity index is 1020. The highest BCUT2D eigenvalue weighted by Crippen LogP contribution is 2.18. The number of nitrogens with one attached hydrogen (secondary N) is 2. The van der Waals surface area contributed by atoms with Crippen LogP contribution in [0.4, 0.5) is 5.69 Å². The molecule has 0 bridgehead atoms. The maximum absolute atomic E-state index is 12.0. The fourth-order valence-corrected chi connectivity index (χ4v) is 2.94. The highest BCUT2D eigenvalue weighted by molar-refractivity contribution is 5.84. The van der Waals surface area contributed by atoms with E-state index in [0.717, 1.165) is 28.4 Å². The molecule has 0 saturated carbocycles.